The van der Waals surface area contributed by atoms with Crippen LogP contribution in [0.15, 0.2) is 78.9 Å². The summed E-state index contributed by atoms with van der Waals surface area (Å²) in [5.74, 6) is 1.04. The zero-order valence-electron chi connectivity index (χ0n) is 22.0. The summed E-state index contributed by atoms with van der Waals surface area (Å²) in [4.78, 5) is 20.9. The maximum Gasteiger partial charge on any atom is 0.239 e. The summed E-state index contributed by atoms with van der Waals surface area (Å²) >= 11 is 0. The van der Waals surface area contributed by atoms with Gasteiger partial charge in [-0.1, -0.05) is 66.7 Å². The van der Waals surface area contributed by atoms with Gasteiger partial charge in [0.25, 0.3) is 0 Å². The standard InChI is InChI=1S/C30H35N3O3.2ClH/c1-35-23-33-22-24-10-6-7-13-26(24)30(29(33)34,25-11-4-3-5-12-25)16-17-31-18-20-32(21-19-31)27-14-8-9-15-28(27)36-2;;/h3-15H,16-23H2,1-2H3;2*1H. The molecule has 1 unspecified atom stereocenters. The first-order valence-electron chi connectivity index (χ1n) is 12.7. The van der Waals surface area contributed by atoms with Gasteiger partial charge in [0.2, 0.25) is 5.91 Å². The average molecular weight is 559 g/mol. The summed E-state index contributed by atoms with van der Waals surface area (Å²) in [5, 5.41) is 0. The van der Waals surface area contributed by atoms with Crippen molar-refractivity contribution < 1.29 is 14.3 Å². The first-order valence-corrected chi connectivity index (χ1v) is 12.7. The van der Waals surface area contributed by atoms with Crippen LogP contribution in [-0.2, 0) is 21.5 Å². The summed E-state index contributed by atoms with van der Waals surface area (Å²) in [6.07, 6.45) is 0.724. The van der Waals surface area contributed by atoms with E-state index in [4.69, 9.17) is 9.47 Å². The number of carbonyl (C=O) groups is 1. The van der Waals surface area contributed by atoms with E-state index in [-0.39, 0.29) is 30.7 Å². The molecule has 1 fully saturated rings. The Kier molecular flexibility index (Phi) is 10.5. The van der Waals surface area contributed by atoms with E-state index in [0.717, 1.165) is 61.7 Å². The predicted octanol–water partition coefficient (Wildman–Crippen LogP) is 4.98. The molecular weight excluding hydrogens is 521 g/mol. The highest BCUT2D eigenvalue weighted by Gasteiger charge is 2.48. The fourth-order valence-corrected chi connectivity index (χ4v) is 5.81. The first kappa shape index (κ1) is 29.8. The second-order valence-corrected chi connectivity index (χ2v) is 9.60. The molecule has 0 radical (unpaired) electrons. The van der Waals surface area contributed by atoms with Crippen LogP contribution < -0.4 is 9.64 Å². The van der Waals surface area contributed by atoms with Gasteiger partial charge in [-0.2, -0.15) is 0 Å². The molecule has 3 aromatic rings. The Bertz CT molecular complexity index is 1190. The van der Waals surface area contributed by atoms with Gasteiger partial charge in [0.15, 0.2) is 0 Å². The molecule has 3 aromatic carbocycles. The minimum atomic E-state index is -0.728. The predicted molar refractivity (Wildman–Crippen MR) is 157 cm³/mol. The molecule has 2 aliphatic heterocycles. The van der Waals surface area contributed by atoms with Gasteiger partial charge in [0, 0.05) is 39.8 Å². The number of hydrogen-bond donors (Lipinski definition) is 0. The van der Waals surface area contributed by atoms with Crippen LogP contribution in [0.2, 0.25) is 0 Å². The van der Waals surface area contributed by atoms with Crippen LogP contribution in [0, 0.1) is 0 Å². The summed E-state index contributed by atoms with van der Waals surface area (Å²) in [6.45, 7) is 5.46. The normalized spacial score (nSPS) is 19.3. The van der Waals surface area contributed by atoms with Gasteiger partial charge in [-0.3, -0.25) is 9.69 Å². The number of para-hydroxylation sites is 2. The topological polar surface area (TPSA) is 45.2 Å². The van der Waals surface area contributed by atoms with Crippen LogP contribution >= 0.6 is 24.8 Å². The molecule has 0 bridgehead atoms. The Hall–Kier alpha value is -2.77. The molecule has 0 aromatic heterocycles. The number of amides is 1. The van der Waals surface area contributed by atoms with Crippen LogP contribution in [0.3, 0.4) is 0 Å². The van der Waals surface area contributed by atoms with E-state index in [0.29, 0.717) is 13.3 Å². The lowest BCUT2D eigenvalue weighted by Gasteiger charge is -2.45. The number of carbonyl (C=O) groups excluding carboxylic acids is 1. The van der Waals surface area contributed by atoms with E-state index in [2.05, 4.69) is 58.3 Å². The van der Waals surface area contributed by atoms with Crippen molar-refractivity contribution in [3.05, 3.63) is 95.6 Å². The monoisotopic (exact) mass is 557 g/mol. The average Bonchev–Trinajstić information content (AvgIpc) is 2.94. The van der Waals surface area contributed by atoms with Crippen LogP contribution in [0.4, 0.5) is 5.69 Å². The minimum absolute atomic E-state index is 0. The molecule has 0 saturated carbocycles. The molecule has 2 aliphatic rings. The summed E-state index contributed by atoms with van der Waals surface area (Å²) < 4.78 is 11.0. The van der Waals surface area contributed by atoms with Gasteiger partial charge in [0.1, 0.15) is 17.9 Å². The Morgan fingerprint density at radius 3 is 2.18 bits per heavy atom. The molecule has 0 aliphatic carbocycles. The van der Waals surface area contributed by atoms with E-state index in [1.54, 1.807) is 14.2 Å². The number of benzene rings is 3. The van der Waals surface area contributed by atoms with Gasteiger partial charge < -0.3 is 19.3 Å². The minimum Gasteiger partial charge on any atom is -0.495 e. The number of ether oxygens (including phenoxy) is 2. The molecule has 1 amide bonds. The molecular formula is C30H37Cl2N3O3. The van der Waals surface area contributed by atoms with Crippen molar-refractivity contribution >= 4 is 36.4 Å². The highest BCUT2D eigenvalue weighted by Crippen LogP contribution is 2.43. The highest BCUT2D eigenvalue weighted by atomic mass is 35.5. The molecule has 5 rings (SSSR count). The van der Waals surface area contributed by atoms with E-state index in [1.807, 2.05) is 35.2 Å². The number of methoxy groups -OCH3 is 2. The van der Waals surface area contributed by atoms with Crippen molar-refractivity contribution in [1.29, 1.82) is 0 Å². The second-order valence-electron chi connectivity index (χ2n) is 9.60. The van der Waals surface area contributed by atoms with Gasteiger partial charge in [-0.15, -0.1) is 24.8 Å². The van der Waals surface area contributed by atoms with Gasteiger partial charge in [0.05, 0.1) is 12.8 Å². The Morgan fingerprint density at radius 1 is 0.816 bits per heavy atom. The van der Waals surface area contributed by atoms with E-state index >= 15 is 0 Å². The van der Waals surface area contributed by atoms with E-state index in [1.165, 1.54) is 5.56 Å². The number of halogens is 2. The zero-order valence-corrected chi connectivity index (χ0v) is 23.7. The van der Waals surface area contributed by atoms with Crippen molar-refractivity contribution in [2.24, 2.45) is 0 Å². The lowest BCUT2D eigenvalue weighted by atomic mass is 9.67. The van der Waals surface area contributed by atoms with Gasteiger partial charge >= 0.3 is 0 Å². The number of anilines is 1. The molecule has 6 nitrogen and oxygen atoms in total. The van der Waals surface area contributed by atoms with Crippen molar-refractivity contribution in [3.63, 3.8) is 0 Å². The molecule has 38 heavy (non-hydrogen) atoms. The fourth-order valence-electron chi connectivity index (χ4n) is 5.81. The van der Waals surface area contributed by atoms with Crippen LogP contribution in [0.1, 0.15) is 23.1 Å². The number of piperazine rings is 1. The van der Waals surface area contributed by atoms with Gasteiger partial charge in [-0.25, -0.2) is 0 Å². The van der Waals surface area contributed by atoms with Crippen molar-refractivity contribution in [2.75, 3.05) is 58.6 Å². The quantitative estimate of drug-likeness (QED) is 0.390. The highest BCUT2D eigenvalue weighted by molar-refractivity contribution is 5.94. The third-order valence-corrected chi connectivity index (χ3v) is 7.64. The maximum absolute atomic E-state index is 14.2. The van der Waals surface area contributed by atoms with Crippen molar-refractivity contribution in [3.8, 4) is 5.75 Å². The lowest BCUT2D eigenvalue weighted by Crippen LogP contribution is -2.54. The van der Waals surface area contributed by atoms with Crippen LogP contribution in [0.25, 0.3) is 0 Å². The Balaban J connectivity index is 0.00000200. The van der Waals surface area contributed by atoms with E-state index < -0.39 is 5.41 Å². The largest absolute Gasteiger partial charge is 0.495 e. The molecule has 8 heteroatoms. The smallest absolute Gasteiger partial charge is 0.239 e. The lowest BCUT2D eigenvalue weighted by molar-refractivity contribution is -0.143. The maximum atomic E-state index is 14.2. The summed E-state index contributed by atoms with van der Waals surface area (Å²) in [6, 6.07) is 26.9. The number of nitrogens with zero attached hydrogens (tertiary/aromatic N) is 3. The van der Waals surface area contributed by atoms with Crippen molar-refractivity contribution in [2.45, 2.75) is 18.4 Å². The Labute approximate surface area is 238 Å². The Morgan fingerprint density at radius 2 is 1.47 bits per heavy atom. The molecule has 2 heterocycles. The number of fused-ring (bicyclic) bond motifs is 1. The molecule has 1 saturated heterocycles. The first-order chi connectivity index (χ1) is 17.7. The van der Waals surface area contributed by atoms with Crippen LogP contribution in [0.5, 0.6) is 5.75 Å². The second kappa shape index (κ2) is 13.3. The van der Waals surface area contributed by atoms with Crippen molar-refractivity contribution in [1.82, 2.24) is 9.80 Å². The van der Waals surface area contributed by atoms with E-state index in [9.17, 15) is 4.79 Å². The number of hydrogen-bond acceptors (Lipinski definition) is 5. The molecule has 204 valence electrons. The summed E-state index contributed by atoms with van der Waals surface area (Å²) in [5.41, 5.74) is 3.79. The molecule has 0 spiro atoms. The zero-order chi connectivity index (χ0) is 25.0. The third-order valence-electron chi connectivity index (χ3n) is 7.64. The fraction of sp³-hybridized carbons (Fsp3) is 0.367. The molecule has 0 N–H and O–H groups in total. The van der Waals surface area contributed by atoms with Gasteiger partial charge in [-0.05, 0) is 41.8 Å². The molecule has 1 atom stereocenters. The third kappa shape index (κ3) is 5.64. The van der Waals surface area contributed by atoms with Crippen LogP contribution in [-0.4, -0.2) is 69.4 Å². The SMILES string of the molecule is COCN1Cc2ccccc2C(CCN2CCN(c3ccccc3OC)CC2)(c2ccccc2)C1=O.Cl.Cl. The number of rotatable bonds is 8. The summed E-state index contributed by atoms with van der Waals surface area (Å²) in [7, 11) is 3.38.